The first kappa shape index (κ1) is 12.7. The SMILES string of the molecule is CC1CCCC(N)(c2noc(-c3ccc(Cl)o3)n2)C1. The molecular weight excluding hydrogens is 266 g/mol. The summed E-state index contributed by atoms with van der Waals surface area (Å²) in [7, 11) is 0. The van der Waals surface area contributed by atoms with Gasteiger partial charge in [0, 0.05) is 0 Å². The average molecular weight is 282 g/mol. The molecule has 2 aromatic rings. The molecule has 1 aliphatic carbocycles. The molecular formula is C13H16ClN3O2. The summed E-state index contributed by atoms with van der Waals surface area (Å²) < 4.78 is 10.5. The van der Waals surface area contributed by atoms with Gasteiger partial charge in [-0.3, -0.25) is 0 Å². The van der Waals surface area contributed by atoms with E-state index in [1.54, 1.807) is 12.1 Å². The Bertz CT molecular complexity index is 580. The van der Waals surface area contributed by atoms with E-state index in [0.29, 0.717) is 28.6 Å². The molecule has 1 fully saturated rings. The van der Waals surface area contributed by atoms with Gasteiger partial charge in [-0.05, 0) is 42.5 Å². The summed E-state index contributed by atoms with van der Waals surface area (Å²) >= 11 is 5.73. The molecule has 5 nitrogen and oxygen atoms in total. The zero-order chi connectivity index (χ0) is 13.5. The fourth-order valence-corrected chi connectivity index (χ4v) is 2.90. The molecule has 2 unspecified atom stereocenters. The smallest absolute Gasteiger partial charge is 0.293 e. The van der Waals surface area contributed by atoms with E-state index in [1.807, 2.05) is 0 Å². The van der Waals surface area contributed by atoms with E-state index in [0.717, 1.165) is 19.3 Å². The lowest BCUT2D eigenvalue weighted by atomic mass is 9.76. The van der Waals surface area contributed by atoms with Crippen LogP contribution in [0.2, 0.25) is 5.22 Å². The second-order valence-corrected chi connectivity index (χ2v) is 5.76. The van der Waals surface area contributed by atoms with E-state index in [9.17, 15) is 0 Å². The van der Waals surface area contributed by atoms with Gasteiger partial charge in [-0.25, -0.2) is 0 Å². The van der Waals surface area contributed by atoms with Crippen LogP contribution in [-0.4, -0.2) is 10.1 Å². The zero-order valence-electron chi connectivity index (χ0n) is 10.7. The van der Waals surface area contributed by atoms with Gasteiger partial charge in [-0.1, -0.05) is 24.9 Å². The third-order valence-corrected chi connectivity index (χ3v) is 3.89. The number of nitrogens with two attached hydrogens (primary N) is 1. The largest absolute Gasteiger partial charge is 0.440 e. The third-order valence-electron chi connectivity index (χ3n) is 3.69. The fourth-order valence-electron chi connectivity index (χ4n) is 2.75. The number of rotatable bonds is 2. The van der Waals surface area contributed by atoms with Crippen molar-refractivity contribution in [1.82, 2.24) is 10.1 Å². The highest BCUT2D eigenvalue weighted by Crippen LogP contribution is 2.37. The maximum absolute atomic E-state index is 6.43. The molecule has 0 spiro atoms. The van der Waals surface area contributed by atoms with Gasteiger partial charge in [0.05, 0.1) is 5.54 Å². The molecule has 0 saturated heterocycles. The van der Waals surface area contributed by atoms with Crippen LogP contribution in [0, 0.1) is 5.92 Å². The zero-order valence-corrected chi connectivity index (χ0v) is 11.5. The Labute approximate surface area is 116 Å². The Morgan fingerprint density at radius 2 is 2.32 bits per heavy atom. The van der Waals surface area contributed by atoms with Crippen molar-refractivity contribution in [2.24, 2.45) is 11.7 Å². The molecule has 0 aromatic carbocycles. The molecule has 2 heterocycles. The van der Waals surface area contributed by atoms with Crippen molar-refractivity contribution in [3.8, 4) is 11.7 Å². The van der Waals surface area contributed by atoms with Crippen LogP contribution >= 0.6 is 11.6 Å². The van der Waals surface area contributed by atoms with Crippen molar-refractivity contribution in [3.63, 3.8) is 0 Å². The lowest BCUT2D eigenvalue weighted by Crippen LogP contribution is -2.42. The minimum atomic E-state index is -0.490. The average Bonchev–Trinajstić information content (AvgIpc) is 2.96. The predicted molar refractivity (Wildman–Crippen MR) is 70.5 cm³/mol. The van der Waals surface area contributed by atoms with E-state index in [2.05, 4.69) is 17.1 Å². The summed E-state index contributed by atoms with van der Waals surface area (Å²) in [6.07, 6.45) is 4.06. The van der Waals surface area contributed by atoms with Gasteiger partial charge in [0.2, 0.25) is 0 Å². The van der Waals surface area contributed by atoms with E-state index in [1.165, 1.54) is 6.42 Å². The van der Waals surface area contributed by atoms with Gasteiger partial charge in [-0.15, -0.1) is 0 Å². The first-order valence-electron chi connectivity index (χ1n) is 6.46. The van der Waals surface area contributed by atoms with Crippen LogP contribution in [0.25, 0.3) is 11.7 Å². The predicted octanol–water partition coefficient (Wildman–Crippen LogP) is 3.35. The molecule has 102 valence electrons. The van der Waals surface area contributed by atoms with E-state index < -0.39 is 5.54 Å². The van der Waals surface area contributed by atoms with E-state index in [-0.39, 0.29) is 0 Å². The summed E-state index contributed by atoms with van der Waals surface area (Å²) in [5, 5.41) is 4.31. The quantitative estimate of drug-likeness (QED) is 0.913. The van der Waals surface area contributed by atoms with E-state index >= 15 is 0 Å². The Morgan fingerprint density at radius 3 is 3.00 bits per heavy atom. The second-order valence-electron chi connectivity index (χ2n) is 5.38. The second kappa shape index (κ2) is 4.65. The van der Waals surface area contributed by atoms with Crippen molar-refractivity contribution in [1.29, 1.82) is 0 Å². The Hall–Kier alpha value is -1.33. The van der Waals surface area contributed by atoms with Crippen molar-refractivity contribution in [3.05, 3.63) is 23.2 Å². The summed E-state index contributed by atoms with van der Waals surface area (Å²) in [6, 6.07) is 3.34. The molecule has 2 atom stereocenters. The van der Waals surface area contributed by atoms with Gasteiger partial charge >= 0.3 is 0 Å². The number of halogens is 1. The van der Waals surface area contributed by atoms with E-state index in [4.69, 9.17) is 26.3 Å². The van der Waals surface area contributed by atoms with Crippen LogP contribution in [0.4, 0.5) is 0 Å². The Kier molecular flexibility index (Phi) is 3.11. The van der Waals surface area contributed by atoms with Crippen molar-refractivity contribution < 1.29 is 8.94 Å². The number of hydrogen-bond acceptors (Lipinski definition) is 5. The first-order chi connectivity index (χ1) is 9.07. The summed E-state index contributed by atoms with van der Waals surface area (Å²) in [5.74, 6) is 1.93. The standard InChI is InChI=1S/C13H16ClN3O2/c1-8-3-2-6-13(15,7-8)12-16-11(19-17-12)9-4-5-10(14)18-9/h4-5,8H,2-3,6-7,15H2,1H3. The number of furan rings is 1. The molecule has 0 radical (unpaired) electrons. The van der Waals surface area contributed by atoms with Gasteiger partial charge in [-0.2, -0.15) is 4.98 Å². The van der Waals surface area contributed by atoms with Crippen LogP contribution in [0.15, 0.2) is 21.1 Å². The monoisotopic (exact) mass is 281 g/mol. The van der Waals surface area contributed by atoms with Crippen molar-refractivity contribution in [2.75, 3.05) is 0 Å². The molecule has 2 N–H and O–H groups in total. The van der Waals surface area contributed by atoms with Gasteiger partial charge < -0.3 is 14.7 Å². The number of hydrogen-bond donors (Lipinski definition) is 1. The normalized spacial score (nSPS) is 27.6. The number of aromatic nitrogens is 2. The minimum absolute atomic E-state index is 0.295. The lowest BCUT2D eigenvalue weighted by Gasteiger charge is -2.33. The topological polar surface area (TPSA) is 78.1 Å². The summed E-state index contributed by atoms with van der Waals surface area (Å²) in [6.45, 7) is 2.20. The van der Waals surface area contributed by atoms with Crippen molar-refractivity contribution in [2.45, 2.75) is 38.1 Å². The molecule has 0 amide bonds. The summed E-state index contributed by atoms with van der Waals surface area (Å²) in [5.41, 5.74) is 5.94. The first-order valence-corrected chi connectivity index (χ1v) is 6.83. The highest BCUT2D eigenvalue weighted by Gasteiger charge is 2.37. The minimum Gasteiger partial charge on any atom is -0.440 e. The summed E-state index contributed by atoms with van der Waals surface area (Å²) in [4.78, 5) is 4.37. The maximum Gasteiger partial charge on any atom is 0.293 e. The molecule has 2 aromatic heterocycles. The molecule has 0 bridgehead atoms. The van der Waals surface area contributed by atoms with Crippen LogP contribution in [0.5, 0.6) is 0 Å². The van der Waals surface area contributed by atoms with Crippen LogP contribution < -0.4 is 5.73 Å². The van der Waals surface area contributed by atoms with Crippen LogP contribution in [0.1, 0.15) is 38.4 Å². The van der Waals surface area contributed by atoms with Crippen LogP contribution in [-0.2, 0) is 5.54 Å². The molecule has 0 aliphatic heterocycles. The third kappa shape index (κ3) is 2.40. The Morgan fingerprint density at radius 1 is 1.47 bits per heavy atom. The van der Waals surface area contributed by atoms with Crippen molar-refractivity contribution >= 4 is 11.6 Å². The Balaban J connectivity index is 1.88. The fraction of sp³-hybridized carbons (Fsp3) is 0.538. The number of nitrogens with zero attached hydrogens (tertiary/aromatic N) is 2. The van der Waals surface area contributed by atoms with Gasteiger partial charge in [0.15, 0.2) is 16.8 Å². The molecule has 19 heavy (non-hydrogen) atoms. The highest BCUT2D eigenvalue weighted by atomic mass is 35.5. The maximum atomic E-state index is 6.43. The molecule has 1 aliphatic rings. The lowest BCUT2D eigenvalue weighted by molar-refractivity contribution is 0.222. The van der Waals surface area contributed by atoms with Gasteiger partial charge in [0.1, 0.15) is 0 Å². The highest BCUT2D eigenvalue weighted by molar-refractivity contribution is 6.28. The molecule has 3 rings (SSSR count). The van der Waals surface area contributed by atoms with Gasteiger partial charge in [0.25, 0.3) is 5.89 Å². The molecule has 6 heteroatoms. The van der Waals surface area contributed by atoms with Crippen LogP contribution in [0.3, 0.4) is 0 Å². The molecule has 1 saturated carbocycles.